The summed E-state index contributed by atoms with van der Waals surface area (Å²) in [7, 11) is 1.55. The zero-order valence-corrected chi connectivity index (χ0v) is 17.2. The average Bonchev–Trinajstić information content (AvgIpc) is 2.78. The van der Waals surface area contributed by atoms with Crippen molar-refractivity contribution in [1.82, 2.24) is 0 Å². The molecule has 0 bridgehead atoms. The Labute approximate surface area is 176 Å². The first-order chi connectivity index (χ1) is 14.4. The molecule has 154 valence electrons. The highest BCUT2D eigenvalue weighted by molar-refractivity contribution is 5.78. The maximum Gasteiger partial charge on any atom is 0.353 e. The number of hydrogen-bond donors (Lipinski definition) is 0. The highest BCUT2D eigenvalue weighted by atomic mass is 16.6. The summed E-state index contributed by atoms with van der Waals surface area (Å²) in [5.41, 5.74) is 2.60. The molecule has 5 heteroatoms. The van der Waals surface area contributed by atoms with Gasteiger partial charge in [0.2, 0.25) is 6.10 Å². The van der Waals surface area contributed by atoms with Gasteiger partial charge in [0, 0.05) is 5.56 Å². The predicted octanol–water partition coefficient (Wildman–Crippen LogP) is 5.05. The highest BCUT2D eigenvalue weighted by Crippen LogP contribution is 2.31. The predicted molar refractivity (Wildman–Crippen MR) is 114 cm³/mol. The van der Waals surface area contributed by atoms with E-state index in [1.54, 1.807) is 45.2 Å². The molecule has 0 spiro atoms. The van der Waals surface area contributed by atoms with Gasteiger partial charge in [-0.15, -0.1) is 0 Å². The smallest absolute Gasteiger partial charge is 0.353 e. The summed E-state index contributed by atoms with van der Waals surface area (Å²) in [6.07, 6.45) is -1.16. The molecule has 0 heterocycles. The molecule has 0 radical (unpaired) electrons. The molecule has 0 aromatic heterocycles. The number of carbonyl (C=O) groups excluding carboxylic acids is 2. The molecule has 0 aliphatic heterocycles. The van der Waals surface area contributed by atoms with Crippen LogP contribution in [0.2, 0.25) is 0 Å². The van der Waals surface area contributed by atoms with Crippen LogP contribution in [-0.2, 0) is 24.7 Å². The minimum absolute atomic E-state index is 0.248. The topological polar surface area (TPSA) is 61.8 Å². The second-order valence-electron chi connectivity index (χ2n) is 7.26. The first-order valence-electron chi connectivity index (χ1n) is 9.56. The third kappa shape index (κ3) is 4.87. The molecule has 3 rings (SSSR count). The number of hydrogen-bond acceptors (Lipinski definition) is 5. The Bertz CT molecular complexity index is 976. The Morgan fingerprint density at radius 2 is 1.47 bits per heavy atom. The van der Waals surface area contributed by atoms with Gasteiger partial charge in [-0.05, 0) is 42.7 Å². The zero-order chi connectivity index (χ0) is 21.6. The largest absolute Gasteiger partial charge is 0.497 e. The van der Waals surface area contributed by atoms with Gasteiger partial charge in [-0.1, -0.05) is 66.7 Å². The SMILES string of the molecule is COc1ccc(C(OC=O)C(=O)OC(C)(C)c2ccc(-c3ccccc3)cc2)cc1. The van der Waals surface area contributed by atoms with E-state index >= 15 is 0 Å². The summed E-state index contributed by atoms with van der Waals surface area (Å²) in [6, 6.07) is 24.6. The van der Waals surface area contributed by atoms with Crippen LogP contribution in [0.1, 0.15) is 31.1 Å². The number of benzene rings is 3. The van der Waals surface area contributed by atoms with Crippen molar-refractivity contribution >= 4 is 12.4 Å². The molecule has 0 amide bonds. The van der Waals surface area contributed by atoms with Crippen LogP contribution in [0.3, 0.4) is 0 Å². The minimum atomic E-state index is -1.16. The molecule has 0 saturated heterocycles. The van der Waals surface area contributed by atoms with Crippen molar-refractivity contribution in [1.29, 1.82) is 0 Å². The van der Waals surface area contributed by atoms with E-state index < -0.39 is 17.7 Å². The van der Waals surface area contributed by atoms with E-state index in [4.69, 9.17) is 14.2 Å². The van der Waals surface area contributed by atoms with Crippen LogP contribution < -0.4 is 4.74 Å². The van der Waals surface area contributed by atoms with Crippen LogP contribution in [0.25, 0.3) is 11.1 Å². The Morgan fingerprint density at radius 1 is 0.867 bits per heavy atom. The first-order valence-corrected chi connectivity index (χ1v) is 9.56. The molecule has 0 aliphatic carbocycles. The molecule has 0 aliphatic rings. The molecular weight excluding hydrogens is 380 g/mol. The van der Waals surface area contributed by atoms with Gasteiger partial charge in [-0.25, -0.2) is 4.79 Å². The summed E-state index contributed by atoms with van der Waals surface area (Å²) in [5.74, 6) is -0.0137. The molecule has 5 nitrogen and oxygen atoms in total. The van der Waals surface area contributed by atoms with Gasteiger partial charge in [0.15, 0.2) is 0 Å². The summed E-state index contributed by atoms with van der Waals surface area (Å²) in [4.78, 5) is 23.8. The van der Waals surface area contributed by atoms with E-state index in [0.717, 1.165) is 16.7 Å². The highest BCUT2D eigenvalue weighted by Gasteiger charge is 2.32. The monoisotopic (exact) mass is 404 g/mol. The molecule has 0 N–H and O–H groups in total. The molecule has 1 atom stereocenters. The Kier molecular flexibility index (Phi) is 6.52. The fourth-order valence-electron chi connectivity index (χ4n) is 3.16. The lowest BCUT2D eigenvalue weighted by atomic mass is 9.95. The van der Waals surface area contributed by atoms with Crippen molar-refractivity contribution < 1.29 is 23.8 Å². The Hall–Kier alpha value is -3.60. The molecule has 0 fully saturated rings. The number of carbonyl (C=O) groups is 2. The Morgan fingerprint density at radius 3 is 2.03 bits per heavy atom. The van der Waals surface area contributed by atoms with Crippen molar-refractivity contribution in [3.63, 3.8) is 0 Å². The van der Waals surface area contributed by atoms with Gasteiger partial charge < -0.3 is 14.2 Å². The van der Waals surface area contributed by atoms with Crippen LogP contribution in [0.15, 0.2) is 78.9 Å². The lowest BCUT2D eigenvalue weighted by molar-refractivity contribution is -0.174. The van der Waals surface area contributed by atoms with Crippen LogP contribution in [0.4, 0.5) is 0 Å². The lowest BCUT2D eigenvalue weighted by Crippen LogP contribution is -2.29. The molecule has 1 unspecified atom stereocenters. The third-order valence-corrected chi connectivity index (χ3v) is 4.87. The maximum atomic E-state index is 12.8. The molecular formula is C25H24O5. The molecule has 0 saturated carbocycles. The van der Waals surface area contributed by atoms with Crippen molar-refractivity contribution in [2.75, 3.05) is 7.11 Å². The van der Waals surface area contributed by atoms with E-state index in [2.05, 4.69) is 0 Å². The van der Waals surface area contributed by atoms with Crippen molar-refractivity contribution in [2.24, 2.45) is 0 Å². The average molecular weight is 404 g/mol. The van der Waals surface area contributed by atoms with E-state index in [0.29, 0.717) is 11.3 Å². The summed E-state index contributed by atoms with van der Waals surface area (Å²) < 4.78 is 15.9. The van der Waals surface area contributed by atoms with Crippen molar-refractivity contribution in [3.8, 4) is 16.9 Å². The molecule has 3 aromatic rings. The van der Waals surface area contributed by atoms with Gasteiger partial charge in [0.1, 0.15) is 11.4 Å². The maximum absolute atomic E-state index is 12.8. The quantitative estimate of drug-likeness (QED) is 0.388. The second kappa shape index (κ2) is 9.27. The molecule has 30 heavy (non-hydrogen) atoms. The zero-order valence-electron chi connectivity index (χ0n) is 17.2. The number of ether oxygens (including phenoxy) is 3. The van der Waals surface area contributed by atoms with Gasteiger partial charge >= 0.3 is 5.97 Å². The van der Waals surface area contributed by atoms with E-state index in [-0.39, 0.29) is 6.47 Å². The van der Waals surface area contributed by atoms with Gasteiger partial charge in [-0.3, -0.25) is 4.79 Å². The number of methoxy groups -OCH3 is 1. The van der Waals surface area contributed by atoms with Gasteiger partial charge in [0.25, 0.3) is 6.47 Å². The molecule has 3 aromatic carbocycles. The van der Waals surface area contributed by atoms with Crippen LogP contribution in [-0.4, -0.2) is 19.6 Å². The standard InChI is InChI=1S/C25H24O5/c1-25(2,21-13-9-19(10-14-21)18-7-5-4-6-8-18)30-24(27)23(29-17-26)20-11-15-22(28-3)16-12-20/h4-17,23H,1-3H3. The van der Waals surface area contributed by atoms with E-state index in [1.807, 2.05) is 54.6 Å². The summed E-state index contributed by atoms with van der Waals surface area (Å²) in [6.45, 7) is 3.85. The minimum Gasteiger partial charge on any atom is -0.497 e. The van der Waals surface area contributed by atoms with Gasteiger partial charge in [-0.2, -0.15) is 0 Å². The second-order valence-corrected chi connectivity index (χ2v) is 7.26. The summed E-state index contributed by atoms with van der Waals surface area (Å²) in [5, 5.41) is 0. The van der Waals surface area contributed by atoms with E-state index in [1.165, 1.54) is 0 Å². The van der Waals surface area contributed by atoms with Crippen LogP contribution in [0.5, 0.6) is 5.75 Å². The van der Waals surface area contributed by atoms with Crippen LogP contribution >= 0.6 is 0 Å². The fourth-order valence-corrected chi connectivity index (χ4v) is 3.16. The normalized spacial score (nSPS) is 12.0. The van der Waals surface area contributed by atoms with E-state index in [9.17, 15) is 9.59 Å². The first kappa shape index (κ1) is 21.1. The lowest BCUT2D eigenvalue weighted by Gasteiger charge is -2.28. The third-order valence-electron chi connectivity index (χ3n) is 4.87. The summed E-state index contributed by atoms with van der Waals surface area (Å²) >= 11 is 0. The number of rotatable bonds is 8. The van der Waals surface area contributed by atoms with Crippen molar-refractivity contribution in [3.05, 3.63) is 90.0 Å². The Balaban J connectivity index is 1.77. The van der Waals surface area contributed by atoms with Crippen LogP contribution in [0, 0.1) is 0 Å². The number of esters is 1. The van der Waals surface area contributed by atoms with Gasteiger partial charge in [0.05, 0.1) is 7.11 Å². The fraction of sp³-hybridized carbons (Fsp3) is 0.200. The van der Waals surface area contributed by atoms with Crippen molar-refractivity contribution in [2.45, 2.75) is 25.6 Å².